The summed E-state index contributed by atoms with van der Waals surface area (Å²) in [5, 5.41) is 6.82. The summed E-state index contributed by atoms with van der Waals surface area (Å²) in [6.07, 6.45) is 0. The van der Waals surface area contributed by atoms with Crippen molar-refractivity contribution in [3.05, 3.63) is 168 Å². The molecule has 0 spiro atoms. The van der Waals surface area contributed by atoms with Gasteiger partial charge in [0.2, 0.25) is 0 Å². The fourth-order valence-electron chi connectivity index (χ4n) is 4.55. The monoisotopic (exact) mass is 523 g/mol. The van der Waals surface area contributed by atoms with Gasteiger partial charge in [0.15, 0.2) is 0 Å². The van der Waals surface area contributed by atoms with Gasteiger partial charge in [0.1, 0.15) is 0 Å². The third-order valence-electron chi connectivity index (χ3n) is 6.19. The molecule has 0 bridgehead atoms. The van der Waals surface area contributed by atoms with E-state index in [0.29, 0.717) is 0 Å². The van der Waals surface area contributed by atoms with Gasteiger partial charge < -0.3 is 0 Å². The van der Waals surface area contributed by atoms with Gasteiger partial charge in [-0.3, -0.25) is 0 Å². The molecule has 0 saturated carbocycles. The van der Waals surface area contributed by atoms with Crippen molar-refractivity contribution in [1.29, 1.82) is 0 Å². The van der Waals surface area contributed by atoms with Gasteiger partial charge in [-0.1, -0.05) is 0 Å². The van der Waals surface area contributed by atoms with Crippen molar-refractivity contribution in [2.45, 2.75) is 5.54 Å². The summed E-state index contributed by atoms with van der Waals surface area (Å²) >= 11 is 3.69. The predicted molar refractivity (Wildman–Crippen MR) is 147 cm³/mol. The second kappa shape index (κ2) is 10.1. The summed E-state index contributed by atoms with van der Waals surface area (Å²) in [5.74, 6) is 0. The molecule has 0 saturated heterocycles. The van der Waals surface area contributed by atoms with Crippen LogP contribution in [0.3, 0.4) is 0 Å². The Hall–Kier alpha value is -2.99. The van der Waals surface area contributed by atoms with Crippen molar-refractivity contribution in [3.8, 4) is 0 Å². The minimum absolute atomic E-state index is 0.561. The first-order chi connectivity index (χ1) is 16.7. The molecule has 0 unspecified atom stereocenters. The first-order valence-corrected chi connectivity index (χ1v) is 15.4. The summed E-state index contributed by atoms with van der Waals surface area (Å²) in [5.41, 5.74) is 0.894. The second-order valence-corrected chi connectivity index (χ2v) is 14.2. The molecule has 34 heavy (non-hydrogen) atoms. The molecule has 0 radical (unpaired) electrons. The van der Waals surface area contributed by atoms with E-state index >= 15 is 0 Å². The van der Waals surface area contributed by atoms with Crippen molar-refractivity contribution in [2.24, 2.45) is 0 Å². The van der Waals surface area contributed by atoms with E-state index in [-0.39, 0.29) is 0 Å². The van der Waals surface area contributed by atoms with Crippen LogP contribution < -0.4 is 15.7 Å². The van der Waals surface area contributed by atoms with Gasteiger partial charge in [0.25, 0.3) is 0 Å². The molecule has 3 heteroatoms. The van der Waals surface area contributed by atoms with Crippen molar-refractivity contribution in [2.75, 3.05) is 0 Å². The zero-order valence-electron chi connectivity index (χ0n) is 18.8. The molecule has 5 aromatic carbocycles. The standard InChI is InChI=1S/C31H26NPSe/c34-33(29-22-12-4-13-23-29,30-24-14-5-15-25-30)32-31(26-16-6-1-7-17-26,27-18-8-2-9-19-27)28-20-10-3-11-21-28/h1-25H,(H,32,34). The molecule has 0 heterocycles. The van der Waals surface area contributed by atoms with Crippen LogP contribution >= 0.6 is 5.66 Å². The van der Waals surface area contributed by atoms with E-state index in [0.717, 1.165) is 0 Å². The summed E-state index contributed by atoms with van der Waals surface area (Å²) < 4.78 is 0. The fourth-order valence-corrected chi connectivity index (χ4v) is 9.54. The van der Waals surface area contributed by atoms with Crippen LogP contribution in [0.5, 0.6) is 0 Å². The van der Waals surface area contributed by atoms with Crippen LogP contribution in [0.15, 0.2) is 152 Å². The summed E-state index contributed by atoms with van der Waals surface area (Å²) in [6, 6.07) is 54.0. The van der Waals surface area contributed by atoms with E-state index < -0.39 is 11.2 Å². The van der Waals surface area contributed by atoms with Crippen LogP contribution in [-0.4, -0.2) is 15.1 Å². The van der Waals surface area contributed by atoms with E-state index in [1.807, 2.05) is 0 Å². The number of hydrogen-bond acceptors (Lipinski definition) is 1. The van der Waals surface area contributed by atoms with E-state index in [1.165, 1.54) is 27.3 Å². The van der Waals surface area contributed by atoms with Crippen molar-refractivity contribution in [3.63, 3.8) is 0 Å². The van der Waals surface area contributed by atoms with E-state index in [1.54, 1.807) is 0 Å². The third-order valence-corrected chi connectivity index (χ3v) is 12.1. The van der Waals surface area contributed by atoms with Crippen LogP contribution in [0.2, 0.25) is 0 Å². The van der Waals surface area contributed by atoms with Crippen LogP contribution in [0.25, 0.3) is 0 Å². The Morgan fingerprint density at radius 2 is 0.676 bits per heavy atom. The third kappa shape index (κ3) is 4.27. The topological polar surface area (TPSA) is 12.0 Å². The molecule has 5 aromatic rings. The van der Waals surface area contributed by atoms with Gasteiger partial charge in [-0.2, -0.15) is 0 Å². The quantitative estimate of drug-likeness (QED) is 0.152. The predicted octanol–water partition coefficient (Wildman–Crippen LogP) is 6.24. The van der Waals surface area contributed by atoms with Gasteiger partial charge in [0.05, 0.1) is 0 Å². The van der Waals surface area contributed by atoms with Gasteiger partial charge in [0, 0.05) is 0 Å². The number of nitrogens with one attached hydrogen (secondary N) is 1. The van der Waals surface area contributed by atoms with Gasteiger partial charge in [-0.25, -0.2) is 0 Å². The Morgan fingerprint density at radius 3 is 0.971 bits per heavy atom. The maximum absolute atomic E-state index is 4.28. The normalized spacial score (nSPS) is 11.8. The molecule has 0 aliphatic rings. The van der Waals surface area contributed by atoms with Crippen molar-refractivity contribution < 1.29 is 0 Å². The Morgan fingerprint density at radius 1 is 0.412 bits per heavy atom. The Kier molecular flexibility index (Phi) is 6.77. The van der Waals surface area contributed by atoms with Crippen LogP contribution in [-0.2, 0) is 5.54 Å². The average Bonchev–Trinajstić information content (AvgIpc) is 2.94. The molecule has 1 N–H and O–H groups in total. The second-order valence-electron chi connectivity index (χ2n) is 8.24. The van der Waals surface area contributed by atoms with Crippen molar-refractivity contribution in [1.82, 2.24) is 5.09 Å². The first-order valence-electron chi connectivity index (χ1n) is 11.4. The minimum atomic E-state index is -2.17. The van der Waals surface area contributed by atoms with Crippen LogP contribution in [0, 0.1) is 0 Å². The van der Waals surface area contributed by atoms with Gasteiger partial charge in [-0.15, -0.1) is 0 Å². The molecule has 166 valence electrons. The molecular formula is C31H26NPSe. The fraction of sp³-hybridized carbons (Fsp3) is 0.0323. The Bertz CT molecular complexity index is 1230. The Balaban J connectivity index is 1.84. The average molecular weight is 522 g/mol. The summed E-state index contributed by atoms with van der Waals surface area (Å²) in [7, 11) is 0. The van der Waals surface area contributed by atoms with Gasteiger partial charge >= 0.3 is 210 Å². The van der Waals surface area contributed by atoms with E-state index in [4.69, 9.17) is 0 Å². The maximum atomic E-state index is 4.28. The zero-order valence-corrected chi connectivity index (χ0v) is 21.4. The molecule has 0 atom stereocenters. The number of benzene rings is 5. The van der Waals surface area contributed by atoms with Crippen molar-refractivity contribution >= 4 is 31.4 Å². The molecular weight excluding hydrogens is 496 g/mol. The van der Waals surface area contributed by atoms with Gasteiger partial charge in [-0.05, 0) is 0 Å². The summed E-state index contributed by atoms with van der Waals surface area (Å²) in [4.78, 5) is 0. The molecule has 0 fully saturated rings. The van der Waals surface area contributed by atoms with Crippen LogP contribution in [0.1, 0.15) is 16.7 Å². The summed E-state index contributed by atoms with van der Waals surface area (Å²) in [6.45, 7) is 0. The molecule has 0 aliphatic carbocycles. The van der Waals surface area contributed by atoms with E-state index in [2.05, 4.69) is 172 Å². The Labute approximate surface area is 209 Å². The first kappa shape index (κ1) is 22.8. The molecule has 0 amide bonds. The molecule has 5 rings (SSSR count). The number of hydrogen-bond donors (Lipinski definition) is 1. The molecule has 0 aromatic heterocycles. The van der Waals surface area contributed by atoms with E-state index in [9.17, 15) is 0 Å². The zero-order chi connectivity index (χ0) is 23.3. The molecule has 0 aliphatic heterocycles. The molecule has 1 nitrogen and oxygen atoms in total. The van der Waals surface area contributed by atoms with Crippen LogP contribution in [0.4, 0.5) is 0 Å². The SMILES string of the molecule is [Se]=P(NC(c1ccccc1)(c1ccccc1)c1ccccc1)(c1ccccc1)c1ccccc1. The number of rotatable bonds is 7.